The van der Waals surface area contributed by atoms with Crippen LogP contribution in [0.15, 0.2) is 15.5 Å². The molecule has 1 N–H and O–H groups in total. The molecule has 0 bridgehead atoms. The average molecular weight is 362 g/mol. The quantitative estimate of drug-likeness (QED) is 0.800. The van der Waals surface area contributed by atoms with E-state index in [2.05, 4.69) is 31.1 Å². The van der Waals surface area contributed by atoms with Crippen LogP contribution < -0.4 is 10.9 Å². The van der Waals surface area contributed by atoms with Gasteiger partial charge < -0.3 is 10.1 Å². The third-order valence-corrected chi connectivity index (χ3v) is 5.20. The van der Waals surface area contributed by atoms with Gasteiger partial charge >= 0.3 is 5.97 Å². The van der Waals surface area contributed by atoms with Crippen molar-refractivity contribution in [1.29, 1.82) is 0 Å². The van der Waals surface area contributed by atoms with Crippen LogP contribution in [-0.2, 0) is 16.1 Å². The molecule has 0 aliphatic carbocycles. The van der Waals surface area contributed by atoms with Crippen molar-refractivity contribution in [3.63, 3.8) is 0 Å². The van der Waals surface area contributed by atoms with Crippen LogP contribution in [0.3, 0.4) is 0 Å². The van der Waals surface area contributed by atoms with Crippen LogP contribution in [0.4, 0.5) is 5.69 Å². The molecule has 1 aliphatic heterocycles. The van der Waals surface area contributed by atoms with Crippen molar-refractivity contribution in [2.75, 3.05) is 24.7 Å². The number of hydrogen-bond donors (Lipinski definition) is 1. The molecule has 110 valence electrons. The lowest BCUT2D eigenvalue weighted by molar-refractivity contribution is -0.141. The maximum absolute atomic E-state index is 12.0. The number of hydrogen-bond acceptors (Lipinski definition) is 6. The van der Waals surface area contributed by atoms with Crippen LogP contribution in [0.1, 0.15) is 12.8 Å². The maximum atomic E-state index is 12.0. The monoisotopic (exact) mass is 361 g/mol. The van der Waals surface area contributed by atoms with Crippen LogP contribution in [0.25, 0.3) is 0 Å². The summed E-state index contributed by atoms with van der Waals surface area (Å²) < 4.78 is 5.99. The zero-order chi connectivity index (χ0) is 14.5. The van der Waals surface area contributed by atoms with Crippen molar-refractivity contribution in [2.24, 2.45) is 0 Å². The second-order valence-electron chi connectivity index (χ2n) is 4.43. The molecule has 1 aliphatic rings. The Labute approximate surface area is 129 Å². The van der Waals surface area contributed by atoms with Gasteiger partial charge in [-0.3, -0.25) is 9.59 Å². The summed E-state index contributed by atoms with van der Waals surface area (Å²) in [5.41, 5.74) is 0.308. The van der Waals surface area contributed by atoms with Gasteiger partial charge in [-0.25, -0.2) is 4.68 Å². The van der Waals surface area contributed by atoms with E-state index < -0.39 is 5.97 Å². The molecule has 1 unspecified atom stereocenters. The highest BCUT2D eigenvalue weighted by atomic mass is 79.9. The van der Waals surface area contributed by atoms with E-state index in [1.807, 2.05) is 11.8 Å². The lowest BCUT2D eigenvalue weighted by Gasteiger charge is -2.13. The predicted molar refractivity (Wildman–Crippen MR) is 82.2 cm³/mol. The third kappa shape index (κ3) is 3.76. The van der Waals surface area contributed by atoms with E-state index in [-0.39, 0.29) is 12.1 Å². The fourth-order valence-corrected chi connectivity index (χ4v) is 3.57. The second kappa shape index (κ2) is 7.12. The third-order valence-electron chi connectivity index (χ3n) is 3.04. The van der Waals surface area contributed by atoms with Gasteiger partial charge in [-0.2, -0.15) is 16.9 Å². The Morgan fingerprint density at radius 1 is 1.70 bits per heavy atom. The molecule has 2 rings (SSSR count). The smallest absolute Gasteiger partial charge is 0.327 e. The Bertz CT molecular complexity index is 543. The average Bonchev–Trinajstić information content (AvgIpc) is 2.96. The van der Waals surface area contributed by atoms with Gasteiger partial charge in [-0.15, -0.1) is 0 Å². The topological polar surface area (TPSA) is 73.2 Å². The molecule has 2 heterocycles. The number of carbonyl (C=O) groups is 1. The van der Waals surface area contributed by atoms with Crippen LogP contribution in [0, 0.1) is 0 Å². The van der Waals surface area contributed by atoms with Gasteiger partial charge in [0.15, 0.2) is 0 Å². The summed E-state index contributed by atoms with van der Waals surface area (Å²) in [6, 6.07) is 0. The first-order valence-electron chi connectivity index (χ1n) is 6.29. The van der Waals surface area contributed by atoms with Crippen molar-refractivity contribution in [3.05, 3.63) is 21.0 Å². The Balaban J connectivity index is 2.05. The fourth-order valence-electron chi connectivity index (χ4n) is 1.92. The Hall–Kier alpha value is -1.02. The van der Waals surface area contributed by atoms with Crippen LogP contribution in [-0.4, -0.2) is 40.4 Å². The van der Waals surface area contributed by atoms with Gasteiger partial charge in [0.1, 0.15) is 11.0 Å². The second-order valence-corrected chi connectivity index (χ2v) is 6.63. The molecule has 0 amide bonds. The van der Waals surface area contributed by atoms with E-state index in [9.17, 15) is 9.59 Å². The lowest BCUT2D eigenvalue weighted by Crippen LogP contribution is -2.28. The van der Waals surface area contributed by atoms with Crippen LogP contribution in [0.2, 0.25) is 0 Å². The number of esters is 1. The van der Waals surface area contributed by atoms with Crippen LogP contribution >= 0.6 is 27.7 Å². The summed E-state index contributed by atoms with van der Waals surface area (Å²) in [6.45, 7) is 0.623. The molecule has 1 aromatic rings. The number of nitrogens with one attached hydrogen (secondary N) is 1. The molecule has 1 aromatic heterocycles. The SMILES string of the molecule is COC(=O)Cn1ncc(NCC2CCCS2)c(Br)c1=O. The van der Waals surface area contributed by atoms with Gasteiger partial charge in [-0.1, -0.05) is 0 Å². The summed E-state index contributed by atoms with van der Waals surface area (Å²) in [7, 11) is 1.28. The van der Waals surface area contributed by atoms with E-state index >= 15 is 0 Å². The number of carbonyl (C=O) groups excluding carboxylic acids is 1. The summed E-state index contributed by atoms with van der Waals surface area (Å²) in [4.78, 5) is 23.2. The van der Waals surface area contributed by atoms with Gasteiger partial charge in [-0.05, 0) is 34.5 Å². The first kappa shape index (κ1) is 15.4. The summed E-state index contributed by atoms with van der Waals surface area (Å²) >= 11 is 5.20. The highest BCUT2D eigenvalue weighted by Crippen LogP contribution is 2.27. The van der Waals surface area contributed by atoms with Crippen molar-refractivity contribution < 1.29 is 9.53 Å². The molecule has 6 nitrogen and oxygen atoms in total. The van der Waals surface area contributed by atoms with Gasteiger partial charge in [0.2, 0.25) is 0 Å². The molecule has 1 fully saturated rings. The largest absolute Gasteiger partial charge is 0.468 e. The normalized spacial score (nSPS) is 18.0. The van der Waals surface area contributed by atoms with E-state index in [4.69, 9.17) is 0 Å². The summed E-state index contributed by atoms with van der Waals surface area (Å²) in [5, 5.41) is 7.79. The standard InChI is InChI=1S/C12H16BrN3O3S/c1-19-10(17)7-16-12(18)11(13)9(6-15-16)14-5-8-3-2-4-20-8/h6,8,14H,2-5,7H2,1H3. The molecular formula is C12H16BrN3O3S. The number of anilines is 1. The first-order chi connectivity index (χ1) is 9.61. The molecule has 1 saturated heterocycles. The fraction of sp³-hybridized carbons (Fsp3) is 0.583. The van der Waals surface area contributed by atoms with E-state index in [0.717, 1.165) is 11.2 Å². The Kier molecular flexibility index (Phi) is 5.47. The minimum atomic E-state index is -0.505. The summed E-state index contributed by atoms with van der Waals surface area (Å²) in [6.07, 6.45) is 3.99. The van der Waals surface area contributed by atoms with Gasteiger partial charge in [0, 0.05) is 11.8 Å². The number of halogens is 1. The van der Waals surface area contributed by atoms with E-state index in [1.165, 1.54) is 25.7 Å². The zero-order valence-electron chi connectivity index (χ0n) is 11.1. The maximum Gasteiger partial charge on any atom is 0.327 e. The van der Waals surface area contributed by atoms with Crippen molar-refractivity contribution in [2.45, 2.75) is 24.6 Å². The molecule has 0 radical (unpaired) electrons. The highest BCUT2D eigenvalue weighted by molar-refractivity contribution is 9.10. The minimum Gasteiger partial charge on any atom is -0.468 e. The number of aromatic nitrogens is 2. The zero-order valence-corrected chi connectivity index (χ0v) is 13.5. The molecule has 0 saturated carbocycles. The molecule has 8 heteroatoms. The number of methoxy groups -OCH3 is 1. The Morgan fingerprint density at radius 2 is 2.50 bits per heavy atom. The molecule has 0 spiro atoms. The van der Waals surface area contributed by atoms with Crippen molar-refractivity contribution >= 4 is 39.3 Å². The summed E-state index contributed by atoms with van der Waals surface area (Å²) in [5.74, 6) is 0.696. The molecule has 1 atom stereocenters. The number of ether oxygens (including phenoxy) is 1. The van der Waals surface area contributed by atoms with Crippen molar-refractivity contribution in [3.8, 4) is 0 Å². The number of nitrogens with zero attached hydrogens (tertiary/aromatic N) is 2. The lowest BCUT2D eigenvalue weighted by atomic mass is 10.2. The molecular weight excluding hydrogens is 346 g/mol. The van der Waals surface area contributed by atoms with Gasteiger partial charge in [0.05, 0.1) is 19.0 Å². The predicted octanol–water partition coefficient (Wildman–Crippen LogP) is 1.49. The molecule has 0 aromatic carbocycles. The van der Waals surface area contributed by atoms with E-state index in [1.54, 1.807) is 6.20 Å². The van der Waals surface area contributed by atoms with Crippen molar-refractivity contribution in [1.82, 2.24) is 9.78 Å². The van der Waals surface area contributed by atoms with E-state index in [0.29, 0.717) is 15.4 Å². The van der Waals surface area contributed by atoms with Gasteiger partial charge in [0.25, 0.3) is 5.56 Å². The minimum absolute atomic E-state index is 0.188. The number of rotatable bonds is 5. The van der Waals surface area contributed by atoms with Crippen LogP contribution in [0.5, 0.6) is 0 Å². The first-order valence-corrected chi connectivity index (χ1v) is 8.14. The molecule has 20 heavy (non-hydrogen) atoms. The highest BCUT2D eigenvalue weighted by Gasteiger charge is 2.17. The Morgan fingerprint density at radius 3 is 3.15 bits per heavy atom. The number of thioether (sulfide) groups is 1.